The first kappa shape index (κ1) is 16.6. The highest BCUT2D eigenvalue weighted by atomic mass is 79.9. The minimum absolute atomic E-state index is 0.107. The molecule has 0 amide bonds. The third-order valence-corrected chi connectivity index (χ3v) is 4.61. The van der Waals surface area contributed by atoms with Gasteiger partial charge >= 0.3 is 0 Å². The number of nitriles is 1. The summed E-state index contributed by atoms with van der Waals surface area (Å²) in [6.45, 7) is 0. The van der Waals surface area contributed by atoms with Gasteiger partial charge < -0.3 is 4.74 Å². The predicted molar refractivity (Wildman–Crippen MR) is 88.0 cm³/mol. The smallest absolute Gasteiger partial charge is 0.183 e. The third kappa shape index (κ3) is 3.70. The van der Waals surface area contributed by atoms with Gasteiger partial charge in [-0.25, -0.2) is 4.39 Å². The monoisotopic (exact) mass is 451 g/mol. The van der Waals surface area contributed by atoms with Crippen molar-refractivity contribution in [1.82, 2.24) is 0 Å². The Balaban J connectivity index is 2.52. The van der Waals surface area contributed by atoms with Gasteiger partial charge in [0.05, 0.1) is 11.6 Å². The van der Waals surface area contributed by atoms with Crippen molar-refractivity contribution in [2.75, 3.05) is 0 Å². The van der Waals surface area contributed by atoms with Crippen LogP contribution in [0.3, 0.4) is 0 Å². The van der Waals surface area contributed by atoms with Crippen molar-refractivity contribution in [3.05, 3.63) is 55.7 Å². The fraction of sp³-hybridized carbons (Fsp3) is 0.0714. The highest BCUT2D eigenvalue weighted by Gasteiger charge is 2.18. The van der Waals surface area contributed by atoms with Crippen LogP contribution >= 0.6 is 55.1 Å². The standard InChI is InChI=1S/C14H6Br2Cl2FNO/c15-5-8-3-11(16)12(18)14(13(8)19)21-10-2-7(6-20)1-9(17)4-10/h1-4H,5H2. The maximum absolute atomic E-state index is 14.3. The predicted octanol–water partition coefficient (Wildman–Crippen LogP) is 6.45. The van der Waals surface area contributed by atoms with Crippen LogP contribution in [0.25, 0.3) is 0 Å². The second-order valence-corrected chi connectivity index (χ2v) is 6.23. The molecule has 0 saturated heterocycles. The van der Waals surface area contributed by atoms with E-state index in [1.807, 2.05) is 6.07 Å². The molecule has 2 rings (SSSR count). The molecule has 7 heteroatoms. The topological polar surface area (TPSA) is 33.0 Å². The summed E-state index contributed by atoms with van der Waals surface area (Å²) in [7, 11) is 0. The van der Waals surface area contributed by atoms with Crippen LogP contribution < -0.4 is 4.74 Å². The Labute approximate surface area is 147 Å². The van der Waals surface area contributed by atoms with Gasteiger partial charge in [-0.05, 0) is 40.2 Å². The number of halogens is 5. The summed E-state index contributed by atoms with van der Waals surface area (Å²) in [5.74, 6) is -0.455. The molecule has 2 aromatic carbocycles. The van der Waals surface area contributed by atoms with Crippen LogP contribution in [0, 0.1) is 17.1 Å². The summed E-state index contributed by atoms with van der Waals surface area (Å²) in [5.41, 5.74) is 0.702. The Hall–Kier alpha value is -0.800. The number of nitrogens with zero attached hydrogens (tertiary/aromatic N) is 1. The second-order valence-electron chi connectivity index (χ2n) is 4.00. The van der Waals surface area contributed by atoms with Gasteiger partial charge in [0.15, 0.2) is 11.6 Å². The van der Waals surface area contributed by atoms with Crippen molar-refractivity contribution < 1.29 is 9.13 Å². The zero-order valence-corrected chi connectivity index (χ0v) is 14.9. The number of ether oxygens (including phenoxy) is 1. The number of hydrogen-bond donors (Lipinski definition) is 0. The van der Waals surface area contributed by atoms with Gasteiger partial charge in [-0.15, -0.1) is 0 Å². The first-order valence-electron chi connectivity index (χ1n) is 5.57. The van der Waals surface area contributed by atoms with Gasteiger partial charge in [-0.3, -0.25) is 0 Å². The van der Waals surface area contributed by atoms with Crippen LogP contribution in [0.5, 0.6) is 11.5 Å². The SMILES string of the molecule is N#Cc1cc(Cl)cc(Oc2c(F)c(CBr)cc(Br)c2Cl)c1. The molecule has 0 aliphatic rings. The van der Waals surface area contributed by atoms with Crippen LogP contribution in [0.15, 0.2) is 28.7 Å². The maximum atomic E-state index is 14.3. The Morgan fingerprint density at radius 3 is 2.57 bits per heavy atom. The summed E-state index contributed by atoms with van der Waals surface area (Å²) in [5, 5.41) is 9.64. The molecule has 0 unspecified atom stereocenters. The van der Waals surface area contributed by atoms with Gasteiger partial charge in [-0.2, -0.15) is 5.26 Å². The summed E-state index contributed by atoms with van der Waals surface area (Å²) in [4.78, 5) is 0. The molecule has 0 fully saturated rings. The molecule has 0 saturated carbocycles. The lowest BCUT2D eigenvalue weighted by Gasteiger charge is -2.13. The van der Waals surface area contributed by atoms with Crippen LogP contribution in [0.4, 0.5) is 4.39 Å². The zero-order chi connectivity index (χ0) is 15.6. The first-order valence-corrected chi connectivity index (χ1v) is 8.24. The average Bonchev–Trinajstić information content (AvgIpc) is 2.46. The van der Waals surface area contributed by atoms with E-state index in [-0.39, 0.29) is 16.5 Å². The van der Waals surface area contributed by atoms with E-state index in [9.17, 15) is 4.39 Å². The molecule has 0 radical (unpaired) electrons. The van der Waals surface area contributed by atoms with Crippen molar-refractivity contribution in [1.29, 1.82) is 5.26 Å². The Morgan fingerprint density at radius 1 is 1.24 bits per heavy atom. The number of benzene rings is 2. The van der Waals surface area contributed by atoms with E-state index < -0.39 is 5.82 Å². The van der Waals surface area contributed by atoms with Crippen molar-refractivity contribution >= 4 is 55.1 Å². The molecule has 0 atom stereocenters. The van der Waals surface area contributed by atoms with Crippen molar-refractivity contribution in [2.24, 2.45) is 0 Å². The lowest BCUT2D eigenvalue weighted by molar-refractivity contribution is 0.439. The lowest BCUT2D eigenvalue weighted by Crippen LogP contribution is -1.95. The summed E-state index contributed by atoms with van der Waals surface area (Å²) in [6.07, 6.45) is 0. The molecule has 0 aliphatic carbocycles. The summed E-state index contributed by atoms with van der Waals surface area (Å²) < 4.78 is 20.3. The van der Waals surface area contributed by atoms with Crippen molar-refractivity contribution in [3.63, 3.8) is 0 Å². The molecule has 0 spiro atoms. The Kier molecular flexibility index (Phi) is 5.50. The molecule has 0 bridgehead atoms. The van der Waals surface area contributed by atoms with E-state index in [0.717, 1.165) is 0 Å². The van der Waals surface area contributed by atoms with Crippen LogP contribution in [0.1, 0.15) is 11.1 Å². The third-order valence-electron chi connectivity index (χ3n) is 2.56. The van der Waals surface area contributed by atoms with Gasteiger partial charge in [0.2, 0.25) is 0 Å². The number of hydrogen-bond acceptors (Lipinski definition) is 2. The highest BCUT2D eigenvalue weighted by molar-refractivity contribution is 9.10. The Bertz CT molecular complexity index is 747. The summed E-state index contributed by atoms with van der Waals surface area (Å²) >= 11 is 18.4. The number of rotatable bonds is 3. The van der Waals surface area contributed by atoms with Crippen LogP contribution in [0.2, 0.25) is 10.0 Å². The van der Waals surface area contributed by atoms with Crippen LogP contribution in [-0.4, -0.2) is 0 Å². The van der Waals surface area contributed by atoms with Crippen molar-refractivity contribution in [3.8, 4) is 17.6 Å². The molecule has 0 aromatic heterocycles. The van der Waals surface area contributed by atoms with Crippen molar-refractivity contribution in [2.45, 2.75) is 5.33 Å². The molecule has 0 aliphatic heterocycles. The highest BCUT2D eigenvalue weighted by Crippen LogP contribution is 2.40. The zero-order valence-electron chi connectivity index (χ0n) is 10.3. The first-order chi connectivity index (χ1) is 9.96. The van der Waals surface area contributed by atoms with Gasteiger partial charge in [0.1, 0.15) is 10.8 Å². The van der Waals surface area contributed by atoms with Gasteiger partial charge in [-0.1, -0.05) is 39.1 Å². The van der Waals surface area contributed by atoms with E-state index >= 15 is 0 Å². The fourth-order valence-corrected chi connectivity index (χ4v) is 2.89. The van der Waals surface area contributed by atoms with Gasteiger partial charge in [0.25, 0.3) is 0 Å². The molecule has 0 heterocycles. The molecule has 0 N–H and O–H groups in total. The van der Waals surface area contributed by atoms with E-state index in [0.29, 0.717) is 26.0 Å². The molecule has 21 heavy (non-hydrogen) atoms. The second kappa shape index (κ2) is 6.97. The Morgan fingerprint density at radius 2 is 1.95 bits per heavy atom. The normalized spacial score (nSPS) is 10.3. The van der Waals surface area contributed by atoms with E-state index in [1.165, 1.54) is 18.2 Å². The van der Waals surface area contributed by atoms with E-state index in [2.05, 4.69) is 31.9 Å². The molecule has 2 aromatic rings. The molecular weight excluding hydrogens is 448 g/mol. The molecular formula is C14H6Br2Cl2FNO. The van der Waals surface area contributed by atoms with E-state index in [1.54, 1.807) is 6.07 Å². The lowest BCUT2D eigenvalue weighted by atomic mass is 10.2. The summed E-state index contributed by atoms with van der Waals surface area (Å²) in [6, 6.07) is 7.93. The molecule has 2 nitrogen and oxygen atoms in total. The maximum Gasteiger partial charge on any atom is 0.183 e. The molecule has 108 valence electrons. The largest absolute Gasteiger partial charge is 0.453 e. The number of alkyl halides is 1. The quantitative estimate of drug-likeness (QED) is 0.395. The van der Waals surface area contributed by atoms with Gasteiger partial charge in [0, 0.05) is 20.4 Å². The minimum atomic E-state index is -0.571. The fourth-order valence-electron chi connectivity index (χ4n) is 1.62. The minimum Gasteiger partial charge on any atom is -0.453 e. The van der Waals surface area contributed by atoms with Crippen LogP contribution in [-0.2, 0) is 5.33 Å². The van der Waals surface area contributed by atoms with E-state index in [4.69, 9.17) is 33.2 Å². The average molecular weight is 454 g/mol.